The van der Waals surface area contributed by atoms with Crippen LogP contribution in [0.15, 0.2) is 6.33 Å². The topological polar surface area (TPSA) is 71.2 Å². The van der Waals surface area contributed by atoms with Crippen LogP contribution in [0.1, 0.15) is 63.7 Å². The zero-order valence-electron chi connectivity index (χ0n) is 13.8. The molecule has 0 bridgehead atoms. The molecular weight excluding hydrogens is 292 g/mol. The summed E-state index contributed by atoms with van der Waals surface area (Å²) < 4.78 is 2.02. The van der Waals surface area contributed by atoms with Crippen LogP contribution < -0.4 is 0 Å². The first-order valence-electron chi connectivity index (χ1n) is 8.99. The number of aliphatic hydroxyl groups is 1. The van der Waals surface area contributed by atoms with Crippen molar-refractivity contribution in [2.24, 2.45) is 11.8 Å². The van der Waals surface area contributed by atoms with Gasteiger partial charge in [0.1, 0.15) is 6.33 Å². The van der Waals surface area contributed by atoms with Crippen LogP contribution in [0.3, 0.4) is 0 Å². The van der Waals surface area contributed by atoms with E-state index in [1.165, 1.54) is 19.3 Å². The summed E-state index contributed by atoms with van der Waals surface area (Å²) in [6.45, 7) is 3.49. The van der Waals surface area contributed by atoms with Crippen LogP contribution in [-0.4, -0.2) is 42.8 Å². The van der Waals surface area contributed by atoms with Crippen molar-refractivity contribution < 1.29 is 9.90 Å². The van der Waals surface area contributed by atoms with Gasteiger partial charge in [-0.05, 0) is 38.5 Å². The Bertz CT molecular complexity index is 587. The van der Waals surface area contributed by atoms with E-state index in [1.807, 2.05) is 16.4 Å². The molecule has 23 heavy (non-hydrogen) atoms. The Labute approximate surface area is 136 Å². The highest BCUT2D eigenvalue weighted by Gasteiger charge is 2.52. The minimum Gasteiger partial charge on any atom is -0.390 e. The normalized spacial score (nSPS) is 34.8. The summed E-state index contributed by atoms with van der Waals surface area (Å²) in [7, 11) is 0. The van der Waals surface area contributed by atoms with Gasteiger partial charge in [-0.15, -0.1) is 10.2 Å². The van der Waals surface area contributed by atoms with E-state index in [0.29, 0.717) is 25.3 Å². The van der Waals surface area contributed by atoms with Gasteiger partial charge < -0.3 is 14.6 Å². The van der Waals surface area contributed by atoms with Gasteiger partial charge in [-0.3, -0.25) is 4.79 Å². The third-order valence-corrected chi connectivity index (χ3v) is 6.27. The zero-order valence-corrected chi connectivity index (χ0v) is 13.8. The molecular formula is C17H26N4O2. The maximum Gasteiger partial charge on any atom is 0.226 e. The van der Waals surface area contributed by atoms with Gasteiger partial charge in [0.2, 0.25) is 5.91 Å². The summed E-state index contributed by atoms with van der Waals surface area (Å²) in [6.07, 6.45) is 9.02. The van der Waals surface area contributed by atoms with Gasteiger partial charge >= 0.3 is 0 Å². The predicted molar refractivity (Wildman–Crippen MR) is 84.4 cm³/mol. The number of aromatic nitrogens is 3. The van der Waals surface area contributed by atoms with Gasteiger partial charge in [0.25, 0.3) is 0 Å². The molecule has 1 aromatic rings. The zero-order chi connectivity index (χ0) is 16.0. The van der Waals surface area contributed by atoms with Crippen molar-refractivity contribution >= 4 is 5.91 Å². The van der Waals surface area contributed by atoms with E-state index in [0.717, 1.165) is 25.2 Å². The maximum absolute atomic E-state index is 12.9. The van der Waals surface area contributed by atoms with E-state index in [4.69, 9.17) is 0 Å². The van der Waals surface area contributed by atoms with Crippen LogP contribution in [0.2, 0.25) is 0 Å². The molecule has 3 aliphatic rings. The molecule has 2 heterocycles. The average molecular weight is 318 g/mol. The van der Waals surface area contributed by atoms with E-state index in [1.54, 1.807) is 6.33 Å². The van der Waals surface area contributed by atoms with Crippen LogP contribution in [0.4, 0.5) is 0 Å². The van der Waals surface area contributed by atoms with Crippen LogP contribution >= 0.6 is 0 Å². The molecule has 1 unspecified atom stereocenters. The Morgan fingerprint density at radius 3 is 2.74 bits per heavy atom. The smallest absolute Gasteiger partial charge is 0.226 e. The van der Waals surface area contributed by atoms with Gasteiger partial charge in [-0.1, -0.05) is 19.3 Å². The van der Waals surface area contributed by atoms with Gasteiger partial charge in [-0.25, -0.2) is 0 Å². The van der Waals surface area contributed by atoms with E-state index in [2.05, 4.69) is 10.2 Å². The van der Waals surface area contributed by atoms with Crippen LogP contribution in [0.25, 0.3) is 0 Å². The van der Waals surface area contributed by atoms with Crippen LogP contribution in [-0.2, 0) is 11.3 Å². The third-order valence-electron chi connectivity index (χ3n) is 6.27. The molecule has 6 nitrogen and oxygen atoms in total. The minimum atomic E-state index is -0.584. The summed E-state index contributed by atoms with van der Waals surface area (Å²) in [6, 6.07) is -0.0258. The van der Waals surface area contributed by atoms with E-state index in [-0.39, 0.29) is 17.9 Å². The lowest BCUT2D eigenvalue weighted by Crippen LogP contribution is -2.56. The van der Waals surface area contributed by atoms with E-state index in [9.17, 15) is 9.90 Å². The molecule has 2 fully saturated rings. The van der Waals surface area contributed by atoms with Crippen molar-refractivity contribution in [2.45, 2.75) is 70.1 Å². The van der Waals surface area contributed by atoms with Crippen molar-refractivity contribution in [1.82, 2.24) is 19.7 Å². The summed E-state index contributed by atoms with van der Waals surface area (Å²) >= 11 is 0. The van der Waals surface area contributed by atoms with Crippen molar-refractivity contribution in [1.29, 1.82) is 0 Å². The van der Waals surface area contributed by atoms with Crippen molar-refractivity contribution in [3.8, 4) is 0 Å². The minimum absolute atomic E-state index is 0.0150. The number of hydrogen-bond donors (Lipinski definition) is 1. The highest BCUT2D eigenvalue weighted by molar-refractivity contribution is 5.80. The SMILES string of the molecule is CC1c2nncn2CCN1C(=O)C1CC(O)(C2CCCCC2)C1. The predicted octanol–water partition coefficient (Wildman–Crippen LogP) is 1.90. The fourth-order valence-corrected chi connectivity index (χ4v) is 4.79. The molecule has 1 atom stereocenters. The number of fused-ring (bicyclic) bond motifs is 1. The Morgan fingerprint density at radius 2 is 2.00 bits per heavy atom. The lowest BCUT2D eigenvalue weighted by Gasteiger charge is -2.50. The third kappa shape index (κ3) is 2.47. The summed E-state index contributed by atoms with van der Waals surface area (Å²) in [5, 5.41) is 18.9. The lowest BCUT2D eigenvalue weighted by atomic mass is 9.61. The van der Waals surface area contributed by atoms with Crippen molar-refractivity contribution in [3.63, 3.8) is 0 Å². The van der Waals surface area contributed by atoms with Crippen LogP contribution in [0, 0.1) is 11.8 Å². The van der Waals surface area contributed by atoms with E-state index < -0.39 is 5.60 Å². The molecule has 1 aliphatic heterocycles. The largest absolute Gasteiger partial charge is 0.390 e. The lowest BCUT2D eigenvalue weighted by molar-refractivity contribution is -0.166. The van der Waals surface area contributed by atoms with Crippen molar-refractivity contribution in [3.05, 3.63) is 12.2 Å². The molecule has 0 radical (unpaired) electrons. The highest BCUT2D eigenvalue weighted by Crippen LogP contribution is 2.49. The van der Waals surface area contributed by atoms with E-state index >= 15 is 0 Å². The van der Waals surface area contributed by atoms with Gasteiger partial charge in [0, 0.05) is 19.0 Å². The summed E-state index contributed by atoms with van der Waals surface area (Å²) in [5.74, 6) is 1.44. The molecule has 4 rings (SSSR count). The second-order valence-electron chi connectivity index (χ2n) is 7.63. The Kier molecular flexibility index (Phi) is 3.67. The number of carbonyl (C=O) groups is 1. The number of amides is 1. The first kappa shape index (κ1) is 15.1. The Morgan fingerprint density at radius 1 is 1.26 bits per heavy atom. The van der Waals surface area contributed by atoms with Crippen molar-refractivity contribution in [2.75, 3.05) is 6.54 Å². The quantitative estimate of drug-likeness (QED) is 0.904. The molecule has 6 heteroatoms. The Balaban J connectivity index is 1.40. The Hall–Kier alpha value is -1.43. The summed E-state index contributed by atoms with van der Waals surface area (Å²) in [5.41, 5.74) is -0.584. The molecule has 2 aliphatic carbocycles. The molecule has 126 valence electrons. The van der Waals surface area contributed by atoms with Gasteiger partial charge in [-0.2, -0.15) is 0 Å². The molecule has 1 N–H and O–H groups in total. The first-order valence-corrected chi connectivity index (χ1v) is 8.99. The summed E-state index contributed by atoms with van der Waals surface area (Å²) in [4.78, 5) is 14.8. The number of nitrogens with zero attached hydrogens (tertiary/aromatic N) is 4. The van der Waals surface area contributed by atoms with Gasteiger partial charge in [0.05, 0.1) is 11.6 Å². The second-order valence-corrected chi connectivity index (χ2v) is 7.63. The maximum atomic E-state index is 12.9. The second kappa shape index (κ2) is 5.58. The molecule has 0 saturated heterocycles. The number of carbonyl (C=O) groups excluding carboxylic acids is 1. The monoisotopic (exact) mass is 318 g/mol. The average Bonchev–Trinajstić information content (AvgIpc) is 3.02. The van der Waals surface area contributed by atoms with Crippen LogP contribution in [0.5, 0.6) is 0 Å². The molecule has 2 saturated carbocycles. The fourth-order valence-electron chi connectivity index (χ4n) is 4.79. The molecule has 1 aromatic heterocycles. The number of rotatable bonds is 2. The standard InChI is InChI=1S/C17H26N4O2/c1-12-15-19-18-11-20(15)7-8-21(12)16(22)13-9-17(23,10-13)14-5-3-2-4-6-14/h11-14,23H,2-10H2,1H3. The fraction of sp³-hybridized carbons (Fsp3) is 0.824. The first-order chi connectivity index (χ1) is 11.1. The number of hydrogen-bond acceptors (Lipinski definition) is 4. The highest BCUT2D eigenvalue weighted by atomic mass is 16.3. The molecule has 0 aromatic carbocycles. The molecule has 0 spiro atoms. The molecule has 1 amide bonds. The van der Waals surface area contributed by atoms with Gasteiger partial charge in [0.15, 0.2) is 5.82 Å².